The minimum Gasteiger partial charge on any atom is -0.508 e. The first-order valence-corrected chi connectivity index (χ1v) is 6.49. The summed E-state index contributed by atoms with van der Waals surface area (Å²) in [5.41, 5.74) is 6.64. The van der Waals surface area contributed by atoms with Crippen LogP contribution < -0.4 is 5.73 Å². The van der Waals surface area contributed by atoms with Gasteiger partial charge in [-0.25, -0.2) is 0 Å². The third-order valence-corrected chi connectivity index (χ3v) is 3.22. The lowest BCUT2D eigenvalue weighted by Gasteiger charge is -2.22. The maximum absolute atomic E-state index is 12.4. The van der Waals surface area contributed by atoms with Gasteiger partial charge < -0.3 is 15.7 Å². The number of aromatic hydroxyl groups is 1. The van der Waals surface area contributed by atoms with Crippen molar-refractivity contribution in [2.24, 2.45) is 5.92 Å². The van der Waals surface area contributed by atoms with E-state index in [2.05, 4.69) is 6.92 Å². The van der Waals surface area contributed by atoms with Gasteiger partial charge in [0.05, 0.1) is 5.56 Å². The molecule has 0 saturated heterocycles. The Morgan fingerprint density at radius 1 is 1.50 bits per heavy atom. The zero-order chi connectivity index (χ0) is 13.1. The number of carbonyl (C=O) groups excluding carboxylic acids is 1. The average Bonchev–Trinajstić information content (AvgIpc) is 3.15. The molecule has 1 saturated carbocycles. The van der Waals surface area contributed by atoms with Crippen molar-refractivity contribution in [2.75, 3.05) is 18.8 Å². The van der Waals surface area contributed by atoms with E-state index < -0.39 is 0 Å². The molecular weight excluding hydrogens is 228 g/mol. The standard InChI is InChI=1S/C14H20N2O2/c1-2-7-16(9-10-3-4-10)14(18)12-8-11(17)5-6-13(12)15/h5-6,8,10,17H,2-4,7,9,15H2,1H3. The van der Waals surface area contributed by atoms with Gasteiger partial charge in [-0.2, -0.15) is 0 Å². The van der Waals surface area contributed by atoms with E-state index >= 15 is 0 Å². The summed E-state index contributed by atoms with van der Waals surface area (Å²) in [4.78, 5) is 14.3. The van der Waals surface area contributed by atoms with Crippen LogP contribution >= 0.6 is 0 Å². The van der Waals surface area contributed by atoms with Crippen molar-refractivity contribution < 1.29 is 9.90 Å². The normalized spacial score (nSPS) is 14.5. The van der Waals surface area contributed by atoms with Crippen LogP contribution in [0.15, 0.2) is 18.2 Å². The van der Waals surface area contributed by atoms with E-state index in [9.17, 15) is 9.90 Å². The molecule has 0 aromatic heterocycles. The average molecular weight is 248 g/mol. The van der Waals surface area contributed by atoms with Gasteiger partial charge in [-0.15, -0.1) is 0 Å². The topological polar surface area (TPSA) is 66.6 Å². The Bertz CT molecular complexity index is 441. The lowest BCUT2D eigenvalue weighted by molar-refractivity contribution is 0.0748. The van der Waals surface area contributed by atoms with Crippen molar-refractivity contribution >= 4 is 11.6 Å². The highest BCUT2D eigenvalue weighted by Gasteiger charge is 2.27. The molecular formula is C14H20N2O2. The highest BCUT2D eigenvalue weighted by Crippen LogP contribution is 2.30. The van der Waals surface area contributed by atoms with Crippen LogP contribution in [-0.4, -0.2) is 29.0 Å². The molecule has 0 unspecified atom stereocenters. The predicted molar refractivity (Wildman–Crippen MR) is 71.4 cm³/mol. The molecule has 4 nitrogen and oxygen atoms in total. The summed E-state index contributed by atoms with van der Waals surface area (Å²) in [5, 5.41) is 9.47. The number of nitrogens with two attached hydrogens (primary N) is 1. The second kappa shape index (κ2) is 5.29. The second-order valence-corrected chi connectivity index (χ2v) is 4.97. The molecule has 98 valence electrons. The Kier molecular flexibility index (Phi) is 3.75. The number of amides is 1. The number of benzene rings is 1. The summed E-state index contributed by atoms with van der Waals surface area (Å²) in [6.45, 7) is 3.60. The van der Waals surface area contributed by atoms with Crippen LogP contribution in [0.3, 0.4) is 0 Å². The van der Waals surface area contributed by atoms with Gasteiger partial charge in [0.2, 0.25) is 0 Å². The van der Waals surface area contributed by atoms with Gasteiger partial charge >= 0.3 is 0 Å². The number of hydrogen-bond acceptors (Lipinski definition) is 3. The fourth-order valence-corrected chi connectivity index (χ4v) is 2.06. The number of rotatable bonds is 5. The molecule has 0 spiro atoms. The van der Waals surface area contributed by atoms with Crippen molar-refractivity contribution in [3.8, 4) is 5.75 Å². The Hall–Kier alpha value is -1.71. The molecule has 18 heavy (non-hydrogen) atoms. The van der Waals surface area contributed by atoms with Crippen molar-refractivity contribution in [1.82, 2.24) is 4.90 Å². The van der Waals surface area contributed by atoms with Gasteiger partial charge in [-0.05, 0) is 43.4 Å². The van der Waals surface area contributed by atoms with Crippen LogP contribution in [0.2, 0.25) is 0 Å². The van der Waals surface area contributed by atoms with Crippen LogP contribution in [0.25, 0.3) is 0 Å². The lowest BCUT2D eigenvalue weighted by atomic mass is 10.1. The molecule has 0 radical (unpaired) electrons. The lowest BCUT2D eigenvalue weighted by Crippen LogP contribution is -2.34. The Morgan fingerprint density at radius 2 is 2.22 bits per heavy atom. The molecule has 0 bridgehead atoms. The third kappa shape index (κ3) is 2.94. The van der Waals surface area contributed by atoms with Crippen molar-refractivity contribution in [1.29, 1.82) is 0 Å². The number of phenolic OH excluding ortho intramolecular Hbond substituents is 1. The predicted octanol–water partition coefficient (Wildman–Crippen LogP) is 2.24. The number of hydrogen-bond donors (Lipinski definition) is 2. The van der Waals surface area contributed by atoms with E-state index in [4.69, 9.17) is 5.73 Å². The fraction of sp³-hybridized carbons (Fsp3) is 0.500. The van der Waals surface area contributed by atoms with Gasteiger partial charge in [-0.1, -0.05) is 6.92 Å². The number of nitrogens with zero attached hydrogens (tertiary/aromatic N) is 1. The monoisotopic (exact) mass is 248 g/mol. The van der Waals surface area contributed by atoms with E-state index in [1.165, 1.54) is 25.0 Å². The van der Waals surface area contributed by atoms with Crippen molar-refractivity contribution in [3.05, 3.63) is 23.8 Å². The molecule has 0 atom stereocenters. The van der Waals surface area contributed by atoms with Gasteiger partial charge in [-0.3, -0.25) is 4.79 Å². The Morgan fingerprint density at radius 3 is 2.83 bits per heavy atom. The summed E-state index contributed by atoms with van der Waals surface area (Å²) in [7, 11) is 0. The summed E-state index contributed by atoms with van der Waals surface area (Å²) in [6.07, 6.45) is 3.35. The van der Waals surface area contributed by atoms with Crippen LogP contribution in [-0.2, 0) is 0 Å². The summed E-state index contributed by atoms with van der Waals surface area (Å²) in [6, 6.07) is 4.52. The van der Waals surface area contributed by atoms with Crippen molar-refractivity contribution in [3.63, 3.8) is 0 Å². The first kappa shape index (κ1) is 12.7. The molecule has 0 heterocycles. The third-order valence-electron chi connectivity index (χ3n) is 3.22. The van der Waals surface area contributed by atoms with E-state index in [1.807, 2.05) is 4.90 Å². The maximum Gasteiger partial charge on any atom is 0.256 e. The molecule has 1 aliphatic rings. The highest BCUT2D eigenvalue weighted by molar-refractivity contribution is 5.99. The fourth-order valence-electron chi connectivity index (χ4n) is 2.06. The Labute approximate surface area is 107 Å². The van der Waals surface area contributed by atoms with E-state index in [-0.39, 0.29) is 11.7 Å². The molecule has 1 fully saturated rings. The number of anilines is 1. The van der Waals surface area contributed by atoms with Gasteiger partial charge in [0, 0.05) is 18.8 Å². The first-order chi connectivity index (χ1) is 8.61. The molecule has 3 N–H and O–H groups in total. The highest BCUT2D eigenvalue weighted by atomic mass is 16.3. The Balaban J connectivity index is 2.17. The van der Waals surface area contributed by atoms with Crippen LogP contribution in [0.4, 0.5) is 5.69 Å². The van der Waals surface area contributed by atoms with Crippen LogP contribution in [0, 0.1) is 5.92 Å². The zero-order valence-corrected chi connectivity index (χ0v) is 10.7. The van der Waals surface area contributed by atoms with Gasteiger partial charge in [0.1, 0.15) is 5.75 Å². The molecule has 4 heteroatoms. The molecule has 1 aliphatic carbocycles. The van der Waals surface area contributed by atoms with Crippen molar-refractivity contribution in [2.45, 2.75) is 26.2 Å². The minimum atomic E-state index is -0.0721. The molecule has 1 aromatic rings. The summed E-state index contributed by atoms with van der Waals surface area (Å²) >= 11 is 0. The van der Waals surface area contributed by atoms with Crippen LogP contribution in [0.5, 0.6) is 5.75 Å². The number of carbonyl (C=O) groups is 1. The van der Waals surface area contributed by atoms with E-state index in [0.717, 1.165) is 19.5 Å². The molecule has 2 rings (SSSR count). The molecule has 1 aromatic carbocycles. The molecule has 0 aliphatic heterocycles. The number of nitrogen functional groups attached to an aromatic ring is 1. The minimum absolute atomic E-state index is 0.0721. The summed E-state index contributed by atoms with van der Waals surface area (Å²) in [5.74, 6) is 0.659. The summed E-state index contributed by atoms with van der Waals surface area (Å²) < 4.78 is 0. The van der Waals surface area contributed by atoms with Crippen LogP contribution in [0.1, 0.15) is 36.5 Å². The van der Waals surface area contributed by atoms with Gasteiger partial charge in [0.15, 0.2) is 0 Å². The SMILES string of the molecule is CCCN(CC1CC1)C(=O)c1cc(O)ccc1N. The van der Waals surface area contributed by atoms with E-state index in [1.54, 1.807) is 6.07 Å². The zero-order valence-electron chi connectivity index (χ0n) is 10.7. The quantitative estimate of drug-likeness (QED) is 0.620. The largest absolute Gasteiger partial charge is 0.508 e. The maximum atomic E-state index is 12.4. The van der Waals surface area contributed by atoms with E-state index in [0.29, 0.717) is 17.2 Å². The number of phenols is 1. The second-order valence-electron chi connectivity index (χ2n) is 4.97. The van der Waals surface area contributed by atoms with Gasteiger partial charge in [0.25, 0.3) is 5.91 Å². The molecule has 1 amide bonds. The first-order valence-electron chi connectivity index (χ1n) is 6.49. The smallest absolute Gasteiger partial charge is 0.256 e.